The molecule has 0 radical (unpaired) electrons. The van der Waals surface area contributed by atoms with Gasteiger partial charge in [0.2, 0.25) is 0 Å². The Kier molecular flexibility index (Phi) is 8.46. The number of nitrogens with zero attached hydrogens (tertiary/aromatic N) is 4. The number of rotatable bonds is 6. The molecule has 1 aromatic carbocycles. The summed E-state index contributed by atoms with van der Waals surface area (Å²) in [7, 11) is -0.434. The van der Waals surface area contributed by atoms with Crippen molar-refractivity contribution in [1.82, 2.24) is 14.8 Å². The van der Waals surface area contributed by atoms with Crippen molar-refractivity contribution in [2.45, 2.75) is 13.8 Å². The van der Waals surface area contributed by atoms with Crippen LogP contribution in [-0.2, 0) is 10.7 Å². The highest BCUT2D eigenvalue weighted by Gasteiger charge is 2.23. The second-order valence-corrected chi connectivity index (χ2v) is 10.6. The highest BCUT2D eigenvalue weighted by molar-refractivity contribution is 9.10. The Bertz CT molecular complexity index is 1230. The van der Waals surface area contributed by atoms with Crippen molar-refractivity contribution in [2.24, 2.45) is 4.36 Å². The van der Waals surface area contributed by atoms with Crippen molar-refractivity contribution in [3.8, 4) is 5.82 Å². The van der Waals surface area contributed by atoms with E-state index in [0.29, 0.717) is 9.63 Å². The number of carbonyl (C=O) groups is 2. The second-order valence-electron chi connectivity index (χ2n) is 6.27. The monoisotopic (exact) mass is 575 g/mol. The number of carbonyl (C=O) groups excluding carboxylic acids is 2. The molecule has 2 aromatic heterocycles. The molecule has 12 heteroatoms. The number of benzene rings is 1. The van der Waals surface area contributed by atoms with Gasteiger partial charge in [0.15, 0.2) is 5.82 Å². The normalized spacial score (nSPS) is 11.0. The van der Waals surface area contributed by atoms with E-state index in [0.717, 1.165) is 11.5 Å². The molecule has 0 fully saturated rings. The molecular formula is C20H17BrCl3N5O2S. The molecule has 0 bridgehead atoms. The molecule has 7 nitrogen and oxygen atoms in total. The lowest BCUT2D eigenvalue weighted by molar-refractivity contribution is 0.101. The maximum absolute atomic E-state index is 13.2. The van der Waals surface area contributed by atoms with E-state index in [-0.39, 0.29) is 32.8 Å². The molecule has 3 rings (SSSR count). The standard InChI is InChI=1S/C20H17BrCl3N5O2S/c1-3-32(4-2)28-19(30)12-8-11(22)9-14(24)17(12)26-20(31)15-10-16(21)27-29(15)18-13(23)6-5-7-25-18/h5-10H,3-4H2,1-2H3,(H,26,31). The van der Waals surface area contributed by atoms with E-state index in [9.17, 15) is 9.59 Å². The predicted octanol–water partition coefficient (Wildman–Crippen LogP) is 6.22. The predicted molar refractivity (Wildman–Crippen MR) is 134 cm³/mol. The Morgan fingerprint density at radius 2 is 1.88 bits per heavy atom. The number of aromatic nitrogens is 3. The van der Waals surface area contributed by atoms with E-state index in [1.165, 1.54) is 29.1 Å². The van der Waals surface area contributed by atoms with E-state index in [1.807, 2.05) is 13.8 Å². The third-order valence-corrected chi connectivity index (χ3v) is 7.21. The first-order chi connectivity index (χ1) is 15.2. The summed E-state index contributed by atoms with van der Waals surface area (Å²) < 4.78 is 5.95. The molecule has 3 aromatic rings. The van der Waals surface area contributed by atoms with Crippen molar-refractivity contribution in [1.29, 1.82) is 0 Å². The minimum Gasteiger partial charge on any atom is -0.319 e. The summed E-state index contributed by atoms with van der Waals surface area (Å²) in [5.41, 5.74) is 0.346. The van der Waals surface area contributed by atoms with Crippen LogP contribution < -0.4 is 5.32 Å². The third-order valence-electron chi connectivity index (χ3n) is 4.25. The van der Waals surface area contributed by atoms with Crippen molar-refractivity contribution >= 4 is 78.9 Å². The molecule has 0 saturated heterocycles. The van der Waals surface area contributed by atoms with Crippen LogP contribution in [0.3, 0.4) is 0 Å². The zero-order valence-corrected chi connectivity index (χ0v) is 21.6. The lowest BCUT2D eigenvalue weighted by atomic mass is 10.1. The highest BCUT2D eigenvalue weighted by atomic mass is 79.9. The van der Waals surface area contributed by atoms with Crippen molar-refractivity contribution in [2.75, 3.05) is 16.8 Å². The molecule has 0 atom stereocenters. The molecule has 2 heterocycles. The average molecular weight is 578 g/mol. The molecule has 2 amide bonds. The Hall–Kier alpha value is -1.78. The van der Waals surface area contributed by atoms with Crippen LogP contribution in [0.2, 0.25) is 15.1 Å². The SMILES string of the molecule is CCS(CC)=NC(=O)c1cc(Cl)cc(Cl)c1NC(=O)c1cc(Br)nn1-c1ncccc1Cl. The fourth-order valence-electron chi connectivity index (χ4n) is 2.76. The number of anilines is 1. The van der Waals surface area contributed by atoms with E-state index >= 15 is 0 Å². The second kappa shape index (κ2) is 10.9. The van der Waals surface area contributed by atoms with E-state index < -0.39 is 22.5 Å². The van der Waals surface area contributed by atoms with Gasteiger partial charge in [0, 0.05) is 28.8 Å². The highest BCUT2D eigenvalue weighted by Crippen LogP contribution is 2.32. The fourth-order valence-corrected chi connectivity index (χ4v) is 4.87. The number of amides is 2. The molecule has 0 aliphatic rings. The first-order valence-electron chi connectivity index (χ1n) is 9.35. The van der Waals surface area contributed by atoms with Gasteiger partial charge in [-0.25, -0.2) is 9.67 Å². The van der Waals surface area contributed by atoms with Crippen molar-refractivity contribution < 1.29 is 9.59 Å². The van der Waals surface area contributed by atoms with Crippen LogP contribution in [0, 0.1) is 0 Å². The van der Waals surface area contributed by atoms with Crippen LogP contribution in [-0.4, -0.2) is 38.1 Å². The number of halogens is 4. The summed E-state index contributed by atoms with van der Waals surface area (Å²) in [5.74, 6) is 0.660. The van der Waals surface area contributed by atoms with Gasteiger partial charge >= 0.3 is 0 Å². The van der Waals surface area contributed by atoms with E-state index in [2.05, 4.69) is 35.7 Å². The zero-order valence-electron chi connectivity index (χ0n) is 16.9. The Morgan fingerprint density at radius 1 is 1.16 bits per heavy atom. The molecule has 1 N–H and O–H groups in total. The van der Waals surface area contributed by atoms with Gasteiger partial charge in [-0.1, -0.05) is 59.3 Å². The largest absolute Gasteiger partial charge is 0.319 e. The van der Waals surface area contributed by atoms with Crippen LogP contribution in [0.5, 0.6) is 0 Å². The number of hydrogen-bond acceptors (Lipinski definition) is 4. The van der Waals surface area contributed by atoms with Gasteiger partial charge in [-0.2, -0.15) is 9.46 Å². The number of pyridine rings is 1. The quantitative estimate of drug-likeness (QED) is 0.377. The van der Waals surface area contributed by atoms with E-state index in [4.69, 9.17) is 34.8 Å². The average Bonchev–Trinajstić information content (AvgIpc) is 3.15. The maximum Gasteiger partial charge on any atom is 0.285 e. The molecular weight excluding hydrogens is 561 g/mol. The van der Waals surface area contributed by atoms with Gasteiger partial charge in [-0.05, 0) is 40.2 Å². The van der Waals surface area contributed by atoms with Crippen LogP contribution in [0.25, 0.3) is 5.82 Å². The van der Waals surface area contributed by atoms with Gasteiger partial charge in [-0.3, -0.25) is 9.59 Å². The Morgan fingerprint density at radius 3 is 2.53 bits per heavy atom. The number of hydrogen-bond donors (Lipinski definition) is 1. The summed E-state index contributed by atoms with van der Waals surface area (Å²) in [5, 5.41) is 7.62. The van der Waals surface area contributed by atoms with Crippen LogP contribution in [0.4, 0.5) is 5.69 Å². The lowest BCUT2D eigenvalue weighted by Crippen LogP contribution is -2.19. The van der Waals surface area contributed by atoms with E-state index in [1.54, 1.807) is 12.1 Å². The van der Waals surface area contributed by atoms with Crippen molar-refractivity contribution in [3.63, 3.8) is 0 Å². The van der Waals surface area contributed by atoms with Gasteiger partial charge in [0.25, 0.3) is 11.8 Å². The lowest BCUT2D eigenvalue weighted by Gasteiger charge is -2.13. The van der Waals surface area contributed by atoms with Crippen LogP contribution in [0.1, 0.15) is 34.7 Å². The van der Waals surface area contributed by atoms with Gasteiger partial charge < -0.3 is 5.32 Å². The van der Waals surface area contributed by atoms with Crippen LogP contribution >= 0.6 is 50.7 Å². The van der Waals surface area contributed by atoms with Gasteiger partial charge in [-0.15, -0.1) is 0 Å². The fraction of sp³-hybridized carbons (Fsp3) is 0.200. The zero-order chi connectivity index (χ0) is 23.4. The minimum atomic E-state index is -0.576. The first kappa shape index (κ1) is 24.9. The molecule has 32 heavy (non-hydrogen) atoms. The molecule has 168 valence electrons. The molecule has 0 saturated carbocycles. The summed E-state index contributed by atoms with van der Waals surface area (Å²) in [6.45, 7) is 3.91. The smallest absolute Gasteiger partial charge is 0.285 e. The molecule has 0 unspecified atom stereocenters. The third kappa shape index (κ3) is 5.58. The van der Waals surface area contributed by atoms with Gasteiger partial charge in [0.05, 0.1) is 21.3 Å². The molecule has 0 spiro atoms. The Labute approximate surface area is 210 Å². The topological polar surface area (TPSA) is 89.2 Å². The van der Waals surface area contributed by atoms with Crippen molar-refractivity contribution in [3.05, 3.63) is 67.5 Å². The van der Waals surface area contributed by atoms with Gasteiger partial charge in [0.1, 0.15) is 10.3 Å². The molecule has 0 aliphatic heterocycles. The first-order valence-corrected chi connectivity index (χ1v) is 12.8. The summed E-state index contributed by atoms with van der Waals surface area (Å²) >= 11 is 22.0. The summed E-state index contributed by atoms with van der Waals surface area (Å²) in [6, 6.07) is 7.68. The minimum absolute atomic E-state index is 0.108. The maximum atomic E-state index is 13.2. The van der Waals surface area contributed by atoms with Crippen LogP contribution in [0.15, 0.2) is 45.5 Å². The Balaban J connectivity index is 2.04. The summed E-state index contributed by atoms with van der Waals surface area (Å²) in [4.78, 5) is 30.3. The summed E-state index contributed by atoms with van der Waals surface area (Å²) in [6.07, 6.45) is 1.53. The number of nitrogens with one attached hydrogen (secondary N) is 1. The molecule has 0 aliphatic carbocycles.